The Morgan fingerprint density at radius 2 is 0.786 bits per heavy atom. The fraction of sp³-hybridized carbons (Fsp3) is 0. The van der Waals surface area contributed by atoms with E-state index < -0.39 is 0 Å². The second kappa shape index (κ2) is 14.3. The van der Waals surface area contributed by atoms with Crippen molar-refractivity contribution < 1.29 is 4.42 Å². The molecule has 0 saturated heterocycles. The van der Waals surface area contributed by atoms with Crippen molar-refractivity contribution in [3.05, 3.63) is 206 Å². The summed E-state index contributed by atoms with van der Waals surface area (Å²) < 4.78 is 6.53. The van der Waals surface area contributed by atoms with E-state index in [0.717, 1.165) is 77.9 Å². The van der Waals surface area contributed by atoms with Gasteiger partial charge in [-0.1, -0.05) is 146 Å². The van der Waals surface area contributed by atoms with Crippen LogP contribution in [0.4, 0.5) is 17.1 Å². The van der Waals surface area contributed by atoms with Crippen molar-refractivity contribution >= 4 is 39.0 Å². The van der Waals surface area contributed by atoms with E-state index >= 15 is 0 Å². The lowest BCUT2D eigenvalue weighted by molar-refractivity contribution is 0.669. The first-order chi connectivity index (χ1) is 27.7. The number of aromatic nitrogens is 3. The van der Waals surface area contributed by atoms with Gasteiger partial charge in [-0.3, -0.25) is 0 Å². The Morgan fingerprint density at radius 3 is 1.34 bits per heavy atom. The number of furan rings is 1. The molecule has 5 heteroatoms. The van der Waals surface area contributed by atoms with Crippen molar-refractivity contribution in [3.63, 3.8) is 0 Å². The predicted molar refractivity (Wildman–Crippen MR) is 229 cm³/mol. The third-order valence-corrected chi connectivity index (χ3v) is 10.1. The van der Waals surface area contributed by atoms with Crippen LogP contribution in [0.1, 0.15) is 0 Å². The maximum absolute atomic E-state index is 6.53. The number of para-hydroxylation sites is 2. The summed E-state index contributed by atoms with van der Waals surface area (Å²) in [5.74, 6) is 1.76. The summed E-state index contributed by atoms with van der Waals surface area (Å²) in [5, 5.41) is 1.93. The average Bonchev–Trinajstić information content (AvgIpc) is 3.66. The molecule has 0 bridgehead atoms. The summed E-state index contributed by atoms with van der Waals surface area (Å²) in [6.07, 6.45) is 0. The predicted octanol–water partition coefficient (Wildman–Crippen LogP) is 13.6. The number of hydrogen-bond acceptors (Lipinski definition) is 5. The monoisotopic (exact) mass is 718 g/mol. The minimum absolute atomic E-state index is 0.571. The van der Waals surface area contributed by atoms with E-state index in [4.69, 9.17) is 19.4 Å². The molecule has 5 nitrogen and oxygen atoms in total. The maximum Gasteiger partial charge on any atom is 0.164 e. The first kappa shape index (κ1) is 33.0. The van der Waals surface area contributed by atoms with Crippen molar-refractivity contribution in [3.8, 4) is 56.4 Å². The quantitative estimate of drug-likeness (QED) is 0.157. The molecular formula is C51H34N4O. The molecule has 0 aliphatic heterocycles. The first-order valence-corrected chi connectivity index (χ1v) is 18.7. The van der Waals surface area contributed by atoms with Crippen LogP contribution in [0.2, 0.25) is 0 Å². The smallest absolute Gasteiger partial charge is 0.164 e. The highest BCUT2D eigenvalue weighted by molar-refractivity contribution is 6.13. The van der Waals surface area contributed by atoms with Crippen LogP contribution in [0.25, 0.3) is 78.4 Å². The SMILES string of the molecule is c1ccc(-c2cccc(-c3nc(-c4cccc(-c5ccccc5)c4)nc(-c4cccc5oc6ccc(N(c7ccccc7)c7ccccc7)cc6c45)n3)c2)cc1. The van der Waals surface area contributed by atoms with E-state index in [9.17, 15) is 0 Å². The zero-order valence-electron chi connectivity index (χ0n) is 30.3. The molecule has 0 aliphatic rings. The molecule has 0 saturated carbocycles. The van der Waals surface area contributed by atoms with Gasteiger partial charge in [0.25, 0.3) is 0 Å². The van der Waals surface area contributed by atoms with Crippen LogP contribution in [0.3, 0.4) is 0 Å². The Morgan fingerprint density at radius 1 is 0.321 bits per heavy atom. The molecule has 0 amide bonds. The van der Waals surface area contributed by atoms with Crippen LogP contribution >= 0.6 is 0 Å². The van der Waals surface area contributed by atoms with Crippen molar-refractivity contribution in [2.24, 2.45) is 0 Å². The Balaban J connectivity index is 1.18. The minimum atomic E-state index is 0.571. The lowest BCUT2D eigenvalue weighted by Gasteiger charge is -2.25. The molecule has 2 heterocycles. The zero-order chi connectivity index (χ0) is 37.3. The van der Waals surface area contributed by atoms with Gasteiger partial charge in [0, 0.05) is 44.5 Å². The van der Waals surface area contributed by atoms with E-state index in [1.54, 1.807) is 0 Å². The van der Waals surface area contributed by atoms with Crippen LogP contribution in [-0.2, 0) is 0 Å². The Hall–Kier alpha value is -7.63. The number of fused-ring (bicyclic) bond motifs is 3. The number of benzene rings is 8. The molecule has 0 spiro atoms. The molecule has 2 aromatic heterocycles. The van der Waals surface area contributed by atoms with Gasteiger partial charge in [-0.2, -0.15) is 0 Å². The second-order valence-corrected chi connectivity index (χ2v) is 13.7. The summed E-state index contributed by atoms with van der Waals surface area (Å²) in [6.45, 7) is 0. The van der Waals surface area contributed by atoms with Crippen LogP contribution < -0.4 is 4.90 Å². The van der Waals surface area contributed by atoms with E-state index in [2.05, 4.69) is 175 Å². The van der Waals surface area contributed by atoms with E-state index in [1.165, 1.54) is 0 Å². The van der Waals surface area contributed by atoms with Crippen LogP contribution in [0.15, 0.2) is 211 Å². The van der Waals surface area contributed by atoms with Crippen molar-refractivity contribution in [1.82, 2.24) is 15.0 Å². The largest absolute Gasteiger partial charge is 0.456 e. The third-order valence-electron chi connectivity index (χ3n) is 10.1. The standard InChI is InChI=1S/C51H34N4O/c1-5-16-35(17-6-1)37-20-13-22-39(32-37)49-52-50(40-23-14-21-38(33-40)36-18-7-2-8-19-36)54-51(53-49)44-28-15-29-47-48(44)45-34-43(30-31-46(45)56-47)55(41-24-9-3-10-25-41)42-26-11-4-12-27-42/h1-34H. The molecule has 264 valence electrons. The molecule has 0 radical (unpaired) electrons. The normalized spacial score (nSPS) is 11.2. The van der Waals surface area contributed by atoms with Crippen LogP contribution in [-0.4, -0.2) is 15.0 Å². The fourth-order valence-corrected chi connectivity index (χ4v) is 7.43. The summed E-state index contributed by atoms with van der Waals surface area (Å²) >= 11 is 0. The number of nitrogens with zero attached hydrogens (tertiary/aromatic N) is 4. The Kier molecular flexibility index (Phi) is 8.43. The highest BCUT2D eigenvalue weighted by Crippen LogP contribution is 2.41. The lowest BCUT2D eigenvalue weighted by Crippen LogP contribution is -2.09. The third kappa shape index (κ3) is 6.27. The van der Waals surface area contributed by atoms with E-state index in [0.29, 0.717) is 17.5 Å². The molecule has 0 N–H and O–H groups in total. The molecular weight excluding hydrogens is 685 g/mol. The second-order valence-electron chi connectivity index (χ2n) is 13.7. The van der Waals surface area contributed by atoms with Gasteiger partial charge in [-0.05, 0) is 82.9 Å². The summed E-state index contributed by atoms with van der Waals surface area (Å²) in [4.78, 5) is 17.9. The molecule has 8 aromatic carbocycles. The number of anilines is 3. The van der Waals surface area contributed by atoms with Gasteiger partial charge in [-0.25, -0.2) is 15.0 Å². The average molecular weight is 719 g/mol. The van der Waals surface area contributed by atoms with Gasteiger partial charge >= 0.3 is 0 Å². The summed E-state index contributed by atoms with van der Waals surface area (Å²) in [5.41, 5.74) is 11.8. The van der Waals surface area contributed by atoms with Gasteiger partial charge in [0.1, 0.15) is 11.2 Å². The topological polar surface area (TPSA) is 55.1 Å². The van der Waals surface area contributed by atoms with Crippen LogP contribution in [0, 0.1) is 0 Å². The molecule has 10 rings (SSSR count). The lowest BCUT2D eigenvalue weighted by atomic mass is 10.0. The van der Waals surface area contributed by atoms with Crippen molar-refractivity contribution in [1.29, 1.82) is 0 Å². The summed E-state index contributed by atoms with van der Waals surface area (Å²) in [7, 11) is 0. The minimum Gasteiger partial charge on any atom is -0.456 e. The summed E-state index contributed by atoms with van der Waals surface area (Å²) in [6, 6.07) is 70.9. The molecule has 0 unspecified atom stereocenters. The van der Waals surface area contributed by atoms with Crippen LogP contribution in [0.5, 0.6) is 0 Å². The molecule has 0 aliphatic carbocycles. The van der Waals surface area contributed by atoms with Gasteiger partial charge in [0.2, 0.25) is 0 Å². The van der Waals surface area contributed by atoms with E-state index in [-0.39, 0.29) is 0 Å². The Bertz CT molecular complexity index is 2820. The van der Waals surface area contributed by atoms with Gasteiger partial charge in [-0.15, -0.1) is 0 Å². The van der Waals surface area contributed by atoms with Gasteiger partial charge < -0.3 is 9.32 Å². The molecule has 10 aromatic rings. The fourth-order valence-electron chi connectivity index (χ4n) is 7.43. The highest BCUT2D eigenvalue weighted by atomic mass is 16.3. The molecule has 0 atom stereocenters. The molecule has 0 fully saturated rings. The molecule has 56 heavy (non-hydrogen) atoms. The zero-order valence-corrected chi connectivity index (χ0v) is 30.3. The van der Waals surface area contributed by atoms with Gasteiger partial charge in [0.15, 0.2) is 17.5 Å². The van der Waals surface area contributed by atoms with Gasteiger partial charge in [0.05, 0.1) is 0 Å². The first-order valence-electron chi connectivity index (χ1n) is 18.7. The highest BCUT2D eigenvalue weighted by Gasteiger charge is 2.20. The number of hydrogen-bond donors (Lipinski definition) is 0. The maximum atomic E-state index is 6.53. The van der Waals surface area contributed by atoms with Crippen molar-refractivity contribution in [2.75, 3.05) is 4.90 Å². The number of rotatable bonds is 8. The van der Waals surface area contributed by atoms with Crippen molar-refractivity contribution in [2.45, 2.75) is 0 Å². The Labute approximate surface area is 324 Å². The van der Waals surface area contributed by atoms with E-state index in [1.807, 2.05) is 36.4 Å².